The summed E-state index contributed by atoms with van der Waals surface area (Å²) in [6.45, 7) is 5.18. The number of carboxylic acid groups (broad SMARTS) is 1. The predicted molar refractivity (Wildman–Crippen MR) is 59.1 cm³/mol. The van der Waals surface area contributed by atoms with Gasteiger partial charge >= 0.3 is 5.97 Å². The lowest BCUT2D eigenvalue weighted by atomic mass is 10.1. The van der Waals surface area contributed by atoms with Crippen molar-refractivity contribution in [3.8, 4) is 0 Å². The normalized spacial score (nSPS) is 12.1. The first-order chi connectivity index (χ1) is 7.13. The van der Waals surface area contributed by atoms with Crippen LogP contribution < -0.4 is 5.32 Å². The van der Waals surface area contributed by atoms with Crippen molar-refractivity contribution in [2.75, 3.05) is 11.9 Å². The number of rotatable bonds is 5. The van der Waals surface area contributed by atoms with Crippen molar-refractivity contribution in [1.29, 1.82) is 0 Å². The fourth-order valence-corrected chi connectivity index (χ4v) is 1.06. The molecule has 1 atom stereocenters. The van der Waals surface area contributed by atoms with Crippen molar-refractivity contribution in [1.82, 2.24) is 4.98 Å². The monoisotopic (exact) mass is 208 g/mol. The van der Waals surface area contributed by atoms with E-state index in [1.807, 2.05) is 0 Å². The minimum Gasteiger partial charge on any atom is -0.477 e. The number of nitrogens with one attached hydrogen (secondary N) is 1. The molecule has 15 heavy (non-hydrogen) atoms. The van der Waals surface area contributed by atoms with E-state index in [1.165, 1.54) is 6.07 Å². The lowest BCUT2D eigenvalue weighted by Crippen LogP contribution is -2.10. The molecule has 1 aromatic rings. The van der Waals surface area contributed by atoms with Gasteiger partial charge in [0, 0.05) is 6.54 Å². The van der Waals surface area contributed by atoms with Gasteiger partial charge in [-0.15, -0.1) is 0 Å². The average molecular weight is 208 g/mol. The Morgan fingerprint density at radius 1 is 1.60 bits per heavy atom. The summed E-state index contributed by atoms with van der Waals surface area (Å²) in [5.74, 6) is -0.396. The molecule has 2 N–H and O–H groups in total. The van der Waals surface area contributed by atoms with Crippen molar-refractivity contribution in [3.63, 3.8) is 0 Å². The summed E-state index contributed by atoms with van der Waals surface area (Å²) in [4.78, 5) is 14.4. The topological polar surface area (TPSA) is 62.2 Å². The Kier molecular flexibility index (Phi) is 4.09. The van der Waals surface area contributed by atoms with E-state index in [4.69, 9.17) is 5.11 Å². The van der Waals surface area contributed by atoms with Crippen LogP contribution in [0.4, 0.5) is 5.69 Å². The third-order valence-corrected chi connectivity index (χ3v) is 2.33. The van der Waals surface area contributed by atoms with Crippen LogP contribution in [0.15, 0.2) is 18.3 Å². The SMILES string of the molecule is CCC(C)CNc1ccc(C(=O)O)nc1. The molecule has 1 heterocycles. The highest BCUT2D eigenvalue weighted by Gasteiger charge is 2.03. The molecule has 0 aliphatic heterocycles. The second-order valence-corrected chi connectivity index (χ2v) is 3.63. The molecular formula is C11H16N2O2. The zero-order chi connectivity index (χ0) is 11.3. The van der Waals surface area contributed by atoms with E-state index < -0.39 is 5.97 Å². The van der Waals surface area contributed by atoms with E-state index in [-0.39, 0.29) is 5.69 Å². The fourth-order valence-electron chi connectivity index (χ4n) is 1.06. The van der Waals surface area contributed by atoms with Crippen LogP contribution >= 0.6 is 0 Å². The maximum absolute atomic E-state index is 10.5. The molecule has 0 bridgehead atoms. The Morgan fingerprint density at radius 3 is 2.80 bits per heavy atom. The first kappa shape index (κ1) is 11.5. The second-order valence-electron chi connectivity index (χ2n) is 3.63. The van der Waals surface area contributed by atoms with Gasteiger partial charge in [0.05, 0.1) is 11.9 Å². The molecule has 1 unspecified atom stereocenters. The second kappa shape index (κ2) is 5.34. The van der Waals surface area contributed by atoms with E-state index in [2.05, 4.69) is 24.1 Å². The molecule has 0 saturated heterocycles. The number of anilines is 1. The molecule has 4 heteroatoms. The third-order valence-electron chi connectivity index (χ3n) is 2.33. The smallest absolute Gasteiger partial charge is 0.354 e. The molecule has 82 valence electrons. The van der Waals surface area contributed by atoms with Crippen molar-refractivity contribution in [2.24, 2.45) is 5.92 Å². The highest BCUT2D eigenvalue weighted by atomic mass is 16.4. The molecule has 1 aromatic heterocycles. The standard InChI is InChI=1S/C11H16N2O2/c1-3-8(2)6-12-9-4-5-10(11(14)15)13-7-9/h4-5,7-8,12H,3,6H2,1-2H3,(H,14,15). The van der Waals surface area contributed by atoms with E-state index in [0.29, 0.717) is 5.92 Å². The predicted octanol–water partition coefficient (Wildman–Crippen LogP) is 2.24. The molecule has 0 fully saturated rings. The van der Waals surface area contributed by atoms with Crippen LogP contribution in [0.1, 0.15) is 30.8 Å². The minimum atomic E-state index is -0.997. The summed E-state index contributed by atoms with van der Waals surface area (Å²) in [5.41, 5.74) is 0.935. The Balaban J connectivity index is 2.53. The van der Waals surface area contributed by atoms with Crippen molar-refractivity contribution >= 4 is 11.7 Å². The van der Waals surface area contributed by atoms with Gasteiger partial charge in [0.15, 0.2) is 0 Å². The molecule has 0 aliphatic rings. The fraction of sp³-hybridized carbons (Fsp3) is 0.455. The number of carbonyl (C=O) groups is 1. The highest BCUT2D eigenvalue weighted by Crippen LogP contribution is 2.08. The van der Waals surface area contributed by atoms with Crippen molar-refractivity contribution in [2.45, 2.75) is 20.3 Å². The molecule has 0 spiro atoms. The van der Waals surface area contributed by atoms with Gasteiger partial charge in [-0.2, -0.15) is 0 Å². The number of aromatic nitrogens is 1. The maximum atomic E-state index is 10.5. The van der Waals surface area contributed by atoms with Crippen molar-refractivity contribution < 1.29 is 9.90 Å². The van der Waals surface area contributed by atoms with Crippen molar-refractivity contribution in [3.05, 3.63) is 24.0 Å². The molecule has 0 aliphatic carbocycles. The van der Waals surface area contributed by atoms with Crippen LogP contribution in [0.2, 0.25) is 0 Å². The zero-order valence-corrected chi connectivity index (χ0v) is 9.03. The summed E-state index contributed by atoms with van der Waals surface area (Å²) >= 11 is 0. The first-order valence-corrected chi connectivity index (χ1v) is 5.06. The van der Waals surface area contributed by atoms with Gasteiger partial charge in [0.25, 0.3) is 0 Å². The molecule has 4 nitrogen and oxygen atoms in total. The molecular weight excluding hydrogens is 192 g/mol. The zero-order valence-electron chi connectivity index (χ0n) is 9.03. The summed E-state index contributed by atoms with van der Waals surface area (Å²) in [6.07, 6.45) is 2.67. The van der Waals surface area contributed by atoms with Gasteiger partial charge in [-0.1, -0.05) is 20.3 Å². The quantitative estimate of drug-likeness (QED) is 0.779. The van der Waals surface area contributed by atoms with Crippen LogP contribution in [0, 0.1) is 5.92 Å². The number of aromatic carboxylic acids is 1. The van der Waals surface area contributed by atoms with Crippen LogP contribution in [0.5, 0.6) is 0 Å². The number of hydrogen-bond acceptors (Lipinski definition) is 3. The van der Waals surface area contributed by atoms with E-state index in [1.54, 1.807) is 12.3 Å². The van der Waals surface area contributed by atoms with Gasteiger partial charge < -0.3 is 10.4 Å². The molecule has 0 amide bonds. The van der Waals surface area contributed by atoms with Crippen LogP contribution in [0.3, 0.4) is 0 Å². The summed E-state index contributed by atoms with van der Waals surface area (Å²) in [5, 5.41) is 11.9. The number of pyridine rings is 1. The third kappa shape index (κ3) is 3.58. The van der Waals surface area contributed by atoms with E-state index in [0.717, 1.165) is 18.7 Å². The first-order valence-electron chi connectivity index (χ1n) is 5.06. The molecule has 0 saturated carbocycles. The summed E-state index contributed by atoms with van der Waals surface area (Å²) < 4.78 is 0. The lowest BCUT2D eigenvalue weighted by molar-refractivity contribution is 0.0690. The van der Waals surface area contributed by atoms with E-state index >= 15 is 0 Å². The largest absolute Gasteiger partial charge is 0.477 e. The Hall–Kier alpha value is -1.58. The van der Waals surface area contributed by atoms with Gasteiger partial charge in [-0.25, -0.2) is 9.78 Å². The van der Waals surface area contributed by atoms with E-state index in [9.17, 15) is 4.79 Å². The number of hydrogen-bond donors (Lipinski definition) is 2. The number of nitrogens with zero attached hydrogens (tertiary/aromatic N) is 1. The average Bonchev–Trinajstić information content (AvgIpc) is 2.26. The number of carboxylic acids is 1. The Labute approximate surface area is 89.3 Å². The maximum Gasteiger partial charge on any atom is 0.354 e. The lowest BCUT2D eigenvalue weighted by Gasteiger charge is -2.10. The van der Waals surface area contributed by atoms with Crippen LogP contribution in [0.25, 0.3) is 0 Å². The highest BCUT2D eigenvalue weighted by molar-refractivity contribution is 5.85. The minimum absolute atomic E-state index is 0.0732. The Bertz CT molecular complexity index is 322. The van der Waals surface area contributed by atoms with Gasteiger partial charge in [-0.05, 0) is 18.1 Å². The summed E-state index contributed by atoms with van der Waals surface area (Å²) in [7, 11) is 0. The van der Waals surface area contributed by atoms with Gasteiger partial charge in [-0.3, -0.25) is 0 Å². The summed E-state index contributed by atoms with van der Waals surface area (Å²) in [6, 6.07) is 3.24. The van der Waals surface area contributed by atoms with Crippen LogP contribution in [-0.2, 0) is 0 Å². The van der Waals surface area contributed by atoms with Gasteiger partial charge in [0.1, 0.15) is 5.69 Å². The Morgan fingerprint density at radius 2 is 2.33 bits per heavy atom. The molecule has 0 aromatic carbocycles. The van der Waals surface area contributed by atoms with Gasteiger partial charge in [0.2, 0.25) is 0 Å². The molecule has 0 radical (unpaired) electrons. The van der Waals surface area contributed by atoms with Crippen LogP contribution in [-0.4, -0.2) is 22.6 Å². The molecule has 1 rings (SSSR count).